The van der Waals surface area contributed by atoms with E-state index in [1.807, 2.05) is 17.0 Å². The van der Waals surface area contributed by atoms with E-state index in [1.165, 1.54) is 5.56 Å². The van der Waals surface area contributed by atoms with E-state index in [4.69, 9.17) is 0 Å². The van der Waals surface area contributed by atoms with Gasteiger partial charge in [0.15, 0.2) is 0 Å². The van der Waals surface area contributed by atoms with Crippen LogP contribution in [-0.4, -0.2) is 56.5 Å². The van der Waals surface area contributed by atoms with Gasteiger partial charge in [0, 0.05) is 37.9 Å². The predicted molar refractivity (Wildman–Crippen MR) is 108 cm³/mol. The van der Waals surface area contributed by atoms with Crippen LogP contribution in [0.25, 0.3) is 0 Å². The second-order valence-electron chi connectivity index (χ2n) is 7.35. The molecule has 1 saturated heterocycles. The van der Waals surface area contributed by atoms with Crippen LogP contribution in [0.2, 0.25) is 0 Å². The highest BCUT2D eigenvalue weighted by Gasteiger charge is 2.21. The van der Waals surface area contributed by atoms with Gasteiger partial charge < -0.3 is 14.7 Å². The summed E-state index contributed by atoms with van der Waals surface area (Å²) in [6.45, 7) is 2.70. The lowest BCUT2D eigenvalue weighted by Gasteiger charge is -2.32. The normalized spacial score (nSPS) is 15.3. The molecule has 1 fully saturated rings. The third-order valence-electron chi connectivity index (χ3n) is 5.10. The highest BCUT2D eigenvalue weighted by molar-refractivity contribution is 5.94. The molecule has 4 heteroatoms. The van der Waals surface area contributed by atoms with Crippen molar-refractivity contribution in [1.29, 1.82) is 0 Å². The van der Waals surface area contributed by atoms with Crippen molar-refractivity contribution in [2.45, 2.75) is 18.9 Å². The Morgan fingerprint density at radius 1 is 0.962 bits per heavy atom. The van der Waals surface area contributed by atoms with Crippen LogP contribution in [0.3, 0.4) is 0 Å². The van der Waals surface area contributed by atoms with E-state index in [2.05, 4.69) is 73.4 Å². The van der Waals surface area contributed by atoms with Crippen molar-refractivity contribution in [2.24, 2.45) is 0 Å². The van der Waals surface area contributed by atoms with Crippen LogP contribution < -0.4 is 4.90 Å². The third-order valence-corrected chi connectivity index (χ3v) is 5.10. The van der Waals surface area contributed by atoms with Gasteiger partial charge in [-0.2, -0.15) is 0 Å². The molecule has 2 aromatic carbocycles. The number of benzene rings is 2. The monoisotopic (exact) mass is 351 g/mol. The zero-order valence-corrected chi connectivity index (χ0v) is 16.1. The second-order valence-corrected chi connectivity index (χ2v) is 7.35. The molecule has 0 spiro atoms. The van der Waals surface area contributed by atoms with E-state index < -0.39 is 0 Å². The lowest BCUT2D eigenvalue weighted by Crippen LogP contribution is -2.33. The molecule has 4 nitrogen and oxygen atoms in total. The molecule has 0 saturated carbocycles. The van der Waals surface area contributed by atoms with E-state index in [1.54, 1.807) is 0 Å². The Morgan fingerprint density at radius 3 is 2.15 bits per heavy atom. The number of likely N-dealkylation sites (tertiary alicyclic amines) is 1. The lowest BCUT2D eigenvalue weighted by atomic mass is 10.0. The van der Waals surface area contributed by atoms with Crippen molar-refractivity contribution in [2.75, 3.05) is 45.7 Å². The predicted octanol–water partition coefficient (Wildman–Crippen LogP) is 3.66. The van der Waals surface area contributed by atoms with Crippen molar-refractivity contribution >= 4 is 11.6 Å². The average molecular weight is 351 g/mol. The van der Waals surface area contributed by atoms with E-state index in [0.717, 1.165) is 43.7 Å². The second kappa shape index (κ2) is 8.37. The summed E-state index contributed by atoms with van der Waals surface area (Å²) in [6.07, 6.45) is 2.24. The molecular weight excluding hydrogens is 322 g/mol. The first-order chi connectivity index (χ1) is 12.6. The number of hydrogen-bond acceptors (Lipinski definition) is 3. The summed E-state index contributed by atoms with van der Waals surface area (Å²) in [5, 5.41) is 0. The molecule has 3 rings (SSSR count). The van der Waals surface area contributed by atoms with E-state index in [-0.39, 0.29) is 11.9 Å². The molecule has 138 valence electrons. The summed E-state index contributed by atoms with van der Waals surface area (Å²) in [6, 6.07) is 18.9. The molecule has 1 aliphatic rings. The largest absolute Gasteiger partial charge is 0.366 e. The molecule has 1 unspecified atom stereocenters. The Balaban J connectivity index is 1.78. The maximum atomic E-state index is 12.5. The molecule has 0 N–H and O–H groups in total. The number of carbonyl (C=O) groups is 1. The Labute approximate surface area is 157 Å². The Morgan fingerprint density at radius 2 is 1.58 bits per heavy atom. The van der Waals surface area contributed by atoms with Gasteiger partial charge in [-0.25, -0.2) is 0 Å². The molecule has 0 aliphatic carbocycles. The maximum absolute atomic E-state index is 12.5. The minimum absolute atomic E-state index is 0.157. The van der Waals surface area contributed by atoms with Crippen LogP contribution in [0.1, 0.15) is 34.8 Å². The first-order valence-electron chi connectivity index (χ1n) is 9.38. The van der Waals surface area contributed by atoms with Gasteiger partial charge >= 0.3 is 0 Å². The standard InChI is InChI=1S/C22H29N3O/c1-23(2)17-21(18-9-5-4-6-10-18)24(3)20-13-11-19(12-14-20)22(26)25-15-7-8-16-25/h4-6,9-14,21H,7-8,15-17H2,1-3H3. The van der Waals surface area contributed by atoms with Gasteiger partial charge in [0.1, 0.15) is 0 Å². The Bertz CT molecular complexity index is 706. The molecule has 1 heterocycles. The van der Waals surface area contributed by atoms with Gasteiger partial charge in [-0.1, -0.05) is 30.3 Å². The number of amides is 1. The smallest absolute Gasteiger partial charge is 0.253 e. The molecule has 0 radical (unpaired) electrons. The fourth-order valence-corrected chi connectivity index (χ4v) is 3.59. The SMILES string of the molecule is CN(C)CC(c1ccccc1)N(C)c1ccc(C(=O)N2CCCC2)cc1. The highest BCUT2D eigenvalue weighted by Crippen LogP contribution is 2.27. The van der Waals surface area contributed by atoms with Gasteiger partial charge in [0.05, 0.1) is 6.04 Å². The number of anilines is 1. The average Bonchev–Trinajstić information content (AvgIpc) is 3.20. The first kappa shape index (κ1) is 18.5. The number of likely N-dealkylation sites (N-methyl/N-ethyl adjacent to an activating group) is 2. The minimum Gasteiger partial charge on any atom is -0.366 e. The molecular formula is C22H29N3O. The summed E-state index contributed by atoms with van der Waals surface area (Å²) in [4.78, 5) is 19.0. The Kier molecular flexibility index (Phi) is 5.94. The zero-order chi connectivity index (χ0) is 18.5. The molecule has 0 aromatic heterocycles. The van der Waals surface area contributed by atoms with E-state index in [0.29, 0.717) is 0 Å². The van der Waals surface area contributed by atoms with Gasteiger partial charge in [0.2, 0.25) is 0 Å². The molecule has 1 amide bonds. The van der Waals surface area contributed by atoms with Crippen LogP contribution in [0.5, 0.6) is 0 Å². The summed E-state index contributed by atoms with van der Waals surface area (Å²) in [5.41, 5.74) is 3.20. The molecule has 0 bridgehead atoms. The van der Waals surface area contributed by atoms with E-state index in [9.17, 15) is 4.79 Å². The van der Waals surface area contributed by atoms with Gasteiger partial charge in [-0.3, -0.25) is 4.79 Å². The van der Waals surface area contributed by atoms with Crippen LogP contribution in [0.4, 0.5) is 5.69 Å². The van der Waals surface area contributed by atoms with Crippen LogP contribution in [-0.2, 0) is 0 Å². The van der Waals surface area contributed by atoms with Crippen LogP contribution in [0, 0.1) is 0 Å². The summed E-state index contributed by atoms with van der Waals surface area (Å²) >= 11 is 0. The molecule has 26 heavy (non-hydrogen) atoms. The first-order valence-corrected chi connectivity index (χ1v) is 9.38. The molecule has 1 atom stereocenters. The maximum Gasteiger partial charge on any atom is 0.253 e. The topological polar surface area (TPSA) is 26.8 Å². The Hall–Kier alpha value is -2.33. The summed E-state index contributed by atoms with van der Waals surface area (Å²) in [7, 11) is 6.32. The van der Waals surface area contributed by atoms with Crippen LogP contribution >= 0.6 is 0 Å². The highest BCUT2D eigenvalue weighted by atomic mass is 16.2. The van der Waals surface area contributed by atoms with Crippen molar-refractivity contribution < 1.29 is 4.79 Å². The number of nitrogens with zero attached hydrogens (tertiary/aromatic N) is 3. The van der Waals surface area contributed by atoms with Crippen molar-refractivity contribution in [3.8, 4) is 0 Å². The van der Waals surface area contributed by atoms with Crippen molar-refractivity contribution in [3.05, 3.63) is 65.7 Å². The quantitative estimate of drug-likeness (QED) is 0.795. The zero-order valence-electron chi connectivity index (χ0n) is 16.1. The number of hydrogen-bond donors (Lipinski definition) is 0. The minimum atomic E-state index is 0.157. The van der Waals surface area contributed by atoms with Gasteiger partial charge in [0.25, 0.3) is 5.91 Å². The summed E-state index contributed by atoms with van der Waals surface area (Å²) in [5.74, 6) is 0.157. The van der Waals surface area contributed by atoms with E-state index >= 15 is 0 Å². The third kappa shape index (κ3) is 4.25. The number of carbonyl (C=O) groups excluding carboxylic acids is 1. The fourth-order valence-electron chi connectivity index (χ4n) is 3.59. The van der Waals surface area contributed by atoms with Gasteiger partial charge in [-0.05, 0) is 56.8 Å². The van der Waals surface area contributed by atoms with Crippen molar-refractivity contribution in [3.63, 3.8) is 0 Å². The van der Waals surface area contributed by atoms with Crippen LogP contribution in [0.15, 0.2) is 54.6 Å². The fraction of sp³-hybridized carbons (Fsp3) is 0.409. The van der Waals surface area contributed by atoms with Crippen molar-refractivity contribution in [1.82, 2.24) is 9.80 Å². The lowest BCUT2D eigenvalue weighted by molar-refractivity contribution is 0.0793. The summed E-state index contributed by atoms with van der Waals surface area (Å²) < 4.78 is 0. The molecule has 2 aromatic rings. The molecule has 1 aliphatic heterocycles. The number of rotatable bonds is 6. The van der Waals surface area contributed by atoms with Gasteiger partial charge in [-0.15, -0.1) is 0 Å².